The Balaban J connectivity index is 2.23. The Morgan fingerprint density at radius 2 is 1.30 bits per heavy atom. The second-order valence-electron chi connectivity index (χ2n) is 4.64. The van der Waals surface area contributed by atoms with Crippen LogP contribution in [-0.2, 0) is 0 Å². The van der Waals surface area contributed by atoms with Gasteiger partial charge in [-0.1, -0.05) is 66.2 Å². The largest absolute Gasteiger partial charge is 0.398 e. The summed E-state index contributed by atoms with van der Waals surface area (Å²) in [6.45, 7) is 0. The minimum absolute atomic E-state index is 0.692. The van der Waals surface area contributed by atoms with Crippen LogP contribution in [0.4, 0.5) is 5.69 Å². The summed E-state index contributed by atoms with van der Waals surface area (Å²) >= 11 is 6.11. The topological polar surface area (TPSA) is 26.0 Å². The lowest BCUT2D eigenvalue weighted by molar-refractivity contribution is 1.58. The van der Waals surface area contributed by atoms with Crippen molar-refractivity contribution in [2.45, 2.75) is 0 Å². The number of halogens is 1. The zero-order valence-electron chi connectivity index (χ0n) is 10.9. The van der Waals surface area contributed by atoms with Crippen LogP contribution >= 0.6 is 11.6 Å². The third-order valence-electron chi connectivity index (χ3n) is 3.32. The first-order chi connectivity index (χ1) is 9.75. The van der Waals surface area contributed by atoms with Gasteiger partial charge in [-0.05, 0) is 34.9 Å². The second-order valence-corrected chi connectivity index (χ2v) is 5.08. The van der Waals surface area contributed by atoms with Gasteiger partial charge in [-0.3, -0.25) is 0 Å². The number of rotatable bonds is 2. The van der Waals surface area contributed by atoms with Crippen molar-refractivity contribution in [1.82, 2.24) is 0 Å². The van der Waals surface area contributed by atoms with Gasteiger partial charge in [0.15, 0.2) is 0 Å². The Kier molecular flexibility index (Phi) is 3.44. The molecule has 3 rings (SSSR count). The van der Waals surface area contributed by atoms with Crippen LogP contribution in [0.2, 0.25) is 5.02 Å². The fourth-order valence-electron chi connectivity index (χ4n) is 2.35. The highest BCUT2D eigenvalue weighted by Crippen LogP contribution is 2.36. The number of hydrogen-bond acceptors (Lipinski definition) is 1. The van der Waals surface area contributed by atoms with Gasteiger partial charge in [-0.25, -0.2) is 0 Å². The van der Waals surface area contributed by atoms with Gasteiger partial charge in [0.05, 0.1) is 0 Å². The van der Waals surface area contributed by atoms with Crippen LogP contribution in [0.15, 0.2) is 72.8 Å². The molecule has 0 atom stereocenters. The summed E-state index contributed by atoms with van der Waals surface area (Å²) in [7, 11) is 0. The molecule has 0 amide bonds. The minimum Gasteiger partial charge on any atom is -0.398 e. The third-order valence-corrected chi connectivity index (χ3v) is 3.55. The lowest BCUT2D eigenvalue weighted by Gasteiger charge is -2.12. The van der Waals surface area contributed by atoms with Crippen molar-refractivity contribution in [1.29, 1.82) is 0 Å². The molecule has 0 saturated carbocycles. The van der Waals surface area contributed by atoms with E-state index in [0.29, 0.717) is 5.02 Å². The molecule has 98 valence electrons. The first-order valence-corrected chi connectivity index (χ1v) is 6.83. The number of hydrogen-bond donors (Lipinski definition) is 1. The first kappa shape index (κ1) is 12.8. The van der Waals surface area contributed by atoms with Gasteiger partial charge in [0.2, 0.25) is 0 Å². The highest BCUT2D eigenvalue weighted by Gasteiger charge is 2.09. The highest BCUT2D eigenvalue weighted by atomic mass is 35.5. The van der Waals surface area contributed by atoms with E-state index in [-0.39, 0.29) is 0 Å². The Labute approximate surface area is 123 Å². The summed E-state index contributed by atoms with van der Waals surface area (Å²) in [6, 6.07) is 24.1. The zero-order chi connectivity index (χ0) is 13.9. The van der Waals surface area contributed by atoms with Crippen LogP contribution in [0, 0.1) is 0 Å². The summed E-state index contributed by atoms with van der Waals surface area (Å²) in [6.07, 6.45) is 0. The Bertz CT molecular complexity index is 735. The Morgan fingerprint density at radius 3 is 2.05 bits per heavy atom. The van der Waals surface area contributed by atoms with E-state index in [1.54, 1.807) is 0 Å². The van der Waals surface area contributed by atoms with Gasteiger partial charge in [0.1, 0.15) is 0 Å². The number of nitrogen functional groups attached to an aromatic ring is 1. The van der Waals surface area contributed by atoms with E-state index < -0.39 is 0 Å². The van der Waals surface area contributed by atoms with Gasteiger partial charge in [-0.2, -0.15) is 0 Å². The smallest absolute Gasteiger partial charge is 0.0413 e. The molecular formula is C18H14ClN. The number of anilines is 1. The molecule has 0 heterocycles. The molecular weight excluding hydrogens is 266 g/mol. The molecule has 3 aromatic rings. The van der Waals surface area contributed by atoms with Gasteiger partial charge < -0.3 is 5.73 Å². The monoisotopic (exact) mass is 279 g/mol. The lowest BCUT2D eigenvalue weighted by atomic mass is 9.94. The summed E-state index contributed by atoms with van der Waals surface area (Å²) in [4.78, 5) is 0. The fraction of sp³-hybridized carbons (Fsp3) is 0. The molecule has 0 aromatic heterocycles. The molecule has 20 heavy (non-hydrogen) atoms. The van der Waals surface area contributed by atoms with E-state index >= 15 is 0 Å². The van der Waals surface area contributed by atoms with Crippen molar-refractivity contribution < 1.29 is 0 Å². The van der Waals surface area contributed by atoms with Crippen LogP contribution in [0.1, 0.15) is 0 Å². The van der Waals surface area contributed by atoms with Gasteiger partial charge in [0, 0.05) is 16.3 Å². The standard InChI is InChI=1S/C18H14ClN/c19-14-10-11-18(20)17(12-14)16-9-5-4-8-15(16)13-6-2-1-3-7-13/h1-12H,20H2. The second kappa shape index (κ2) is 5.40. The average molecular weight is 280 g/mol. The summed E-state index contributed by atoms with van der Waals surface area (Å²) in [5.41, 5.74) is 11.2. The molecule has 0 aliphatic rings. The van der Waals surface area contributed by atoms with Crippen molar-refractivity contribution in [3.63, 3.8) is 0 Å². The summed E-state index contributed by atoms with van der Waals surface area (Å²) in [5, 5.41) is 0.692. The predicted octanol–water partition coefficient (Wildman–Crippen LogP) is 5.26. The number of nitrogens with two attached hydrogens (primary N) is 1. The maximum atomic E-state index is 6.11. The van der Waals surface area contributed by atoms with E-state index in [1.807, 2.05) is 48.5 Å². The SMILES string of the molecule is Nc1ccc(Cl)cc1-c1ccccc1-c1ccccc1. The normalized spacial score (nSPS) is 10.4. The van der Waals surface area contributed by atoms with Crippen LogP contribution in [-0.4, -0.2) is 0 Å². The molecule has 1 nitrogen and oxygen atoms in total. The van der Waals surface area contributed by atoms with Crippen LogP contribution in [0.5, 0.6) is 0 Å². The first-order valence-electron chi connectivity index (χ1n) is 6.45. The van der Waals surface area contributed by atoms with Gasteiger partial charge in [0.25, 0.3) is 0 Å². The Morgan fingerprint density at radius 1 is 0.650 bits per heavy atom. The van der Waals surface area contributed by atoms with E-state index in [9.17, 15) is 0 Å². The predicted molar refractivity (Wildman–Crippen MR) is 86.7 cm³/mol. The molecule has 3 aromatic carbocycles. The van der Waals surface area contributed by atoms with E-state index in [0.717, 1.165) is 22.4 Å². The van der Waals surface area contributed by atoms with E-state index in [1.165, 1.54) is 5.56 Å². The molecule has 0 spiro atoms. The van der Waals surface area contributed by atoms with Crippen LogP contribution < -0.4 is 5.73 Å². The molecule has 0 aliphatic carbocycles. The summed E-state index contributed by atoms with van der Waals surface area (Å²) in [5.74, 6) is 0. The zero-order valence-corrected chi connectivity index (χ0v) is 11.6. The maximum absolute atomic E-state index is 6.11. The Hall–Kier alpha value is -2.25. The maximum Gasteiger partial charge on any atom is 0.0413 e. The highest BCUT2D eigenvalue weighted by molar-refractivity contribution is 6.31. The molecule has 0 radical (unpaired) electrons. The van der Waals surface area contributed by atoms with Crippen molar-refractivity contribution in [2.75, 3.05) is 5.73 Å². The molecule has 0 fully saturated rings. The molecule has 0 aliphatic heterocycles. The minimum atomic E-state index is 0.692. The van der Waals surface area contributed by atoms with Crippen molar-refractivity contribution in [2.24, 2.45) is 0 Å². The molecule has 0 bridgehead atoms. The molecule has 0 saturated heterocycles. The quantitative estimate of drug-likeness (QED) is 0.637. The molecule has 0 unspecified atom stereocenters. The fourth-order valence-corrected chi connectivity index (χ4v) is 2.52. The molecule has 2 heteroatoms. The van der Waals surface area contributed by atoms with Crippen molar-refractivity contribution >= 4 is 17.3 Å². The molecule has 2 N–H and O–H groups in total. The van der Waals surface area contributed by atoms with Crippen molar-refractivity contribution in [3.8, 4) is 22.3 Å². The average Bonchev–Trinajstić information content (AvgIpc) is 2.51. The number of benzene rings is 3. The van der Waals surface area contributed by atoms with Gasteiger partial charge >= 0.3 is 0 Å². The van der Waals surface area contributed by atoms with E-state index in [2.05, 4.69) is 24.3 Å². The van der Waals surface area contributed by atoms with Crippen LogP contribution in [0.3, 0.4) is 0 Å². The van der Waals surface area contributed by atoms with Gasteiger partial charge in [-0.15, -0.1) is 0 Å². The third kappa shape index (κ3) is 2.40. The van der Waals surface area contributed by atoms with Crippen molar-refractivity contribution in [3.05, 3.63) is 77.8 Å². The lowest BCUT2D eigenvalue weighted by Crippen LogP contribution is -1.92. The van der Waals surface area contributed by atoms with E-state index in [4.69, 9.17) is 17.3 Å². The van der Waals surface area contributed by atoms with Crippen LogP contribution in [0.25, 0.3) is 22.3 Å². The summed E-state index contributed by atoms with van der Waals surface area (Å²) < 4.78 is 0.